The molecule has 2 N–H and O–H groups in total. The first-order valence-corrected chi connectivity index (χ1v) is 7.57. The Morgan fingerprint density at radius 3 is 3.00 bits per heavy atom. The minimum atomic E-state index is 0.529. The van der Waals surface area contributed by atoms with Crippen LogP contribution in [0.3, 0.4) is 0 Å². The third-order valence-electron chi connectivity index (χ3n) is 4.50. The van der Waals surface area contributed by atoms with E-state index < -0.39 is 0 Å². The molecule has 3 nitrogen and oxygen atoms in total. The summed E-state index contributed by atoms with van der Waals surface area (Å²) in [6, 6.07) is 9.71. The summed E-state index contributed by atoms with van der Waals surface area (Å²) in [5, 5.41) is 0. The van der Waals surface area contributed by atoms with Crippen LogP contribution in [-0.2, 0) is 0 Å². The van der Waals surface area contributed by atoms with Crippen molar-refractivity contribution in [3.8, 4) is 5.75 Å². The van der Waals surface area contributed by atoms with Gasteiger partial charge in [-0.3, -0.25) is 4.90 Å². The second kappa shape index (κ2) is 5.93. The molecular weight excluding hydrogens is 236 g/mol. The second-order valence-electron chi connectivity index (χ2n) is 5.66. The lowest BCUT2D eigenvalue weighted by molar-refractivity contribution is 0.0642. The molecule has 2 unspecified atom stereocenters. The van der Waals surface area contributed by atoms with Crippen molar-refractivity contribution in [2.75, 3.05) is 19.7 Å². The number of rotatable bonds is 3. The first-order chi connectivity index (χ1) is 9.40. The Labute approximate surface area is 115 Å². The molecule has 0 bridgehead atoms. The Hall–Kier alpha value is -1.06. The van der Waals surface area contributed by atoms with Crippen LogP contribution in [0.5, 0.6) is 5.75 Å². The van der Waals surface area contributed by atoms with Crippen LogP contribution in [0.25, 0.3) is 0 Å². The number of benzene rings is 1. The minimum Gasteiger partial charge on any atom is -0.493 e. The Kier molecular flexibility index (Phi) is 4.04. The molecule has 0 aliphatic carbocycles. The normalized spacial score (nSPS) is 27.6. The fourth-order valence-electron chi connectivity index (χ4n) is 3.60. The standard InChI is InChI=1S/C16H24N2O/c17-10-8-13-5-3-4-11-18(13)15-9-12-19-16-7-2-1-6-14(15)16/h1-2,6-7,13,15H,3-5,8-12,17H2. The smallest absolute Gasteiger partial charge is 0.124 e. The molecule has 0 radical (unpaired) electrons. The van der Waals surface area contributed by atoms with Gasteiger partial charge in [0, 0.05) is 24.1 Å². The SMILES string of the molecule is NCCC1CCCCN1C1CCOc2ccccc21. The van der Waals surface area contributed by atoms with Crippen molar-refractivity contribution in [3.63, 3.8) is 0 Å². The van der Waals surface area contributed by atoms with Gasteiger partial charge in [0.15, 0.2) is 0 Å². The van der Waals surface area contributed by atoms with E-state index in [2.05, 4.69) is 29.2 Å². The van der Waals surface area contributed by atoms with E-state index in [9.17, 15) is 0 Å². The Bertz CT molecular complexity index is 419. The molecule has 104 valence electrons. The molecule has 3 heteroatoms. The molecule has 19 heavy (non-hydrogen) atoms. The predicted molar refractivity (Wildman–Crippen MR) is 77.3 cm³/mol. The fourth-order valence-corrected chi connectivity index (χ4v) is 3.60. The van der Waals surface area contributed by atoms with E-state index in [4.69, 9.17) is 10.5 Å². The number of hydrogen-bond donors (Lipinski definition) is 1. The van der Waals surface area contributed by atoms with E-state index in [1.807, 2.05) is 0 Å². The van der Waals surface area contributed by atoms with E-state index >= 15 is 0 Å². The van der Waals surface area contributed by atoms with Crippen LogP contribution in [0, 0.1) is 0 Å². The molecule has 2 aliphatic heterocycles. The highest BCUT2D eigenvalue weighted by Crippen LogP contribution is 2.39. The van der Waals surface area contributed by atoms with Crippen molar-refractivity contribution in [2.45, 2.75) is 44.2 Å². The van der Waals surface area contributed by atoms with Gasteiger partial charge in [0.05, 0.1) is 6.61 Å². The molecule has 3 rings (SSSR count). The third kappa shape index (κ3) is 2.63. The van der Waals surface area contributed by atoms with Gasteiger partial charge in [0.25, 0.3) is 0 Å². The summed E-state index contributed by atoms with van der Waals surface area (Å²) in [6.07, 6.45) is 6.21. The number of hydrogen-bond acceptors (Lipinski definition) is 3. The van der Waals surface area contributed by atoms with Crippen LogP contribution >= 0.6 is 0 Å². The topological polar surface area (TPSA) is 38.5 Å². The number of ether oxygens (including phenoxy) is 1. The molecule has 2 heterocycles. The Morgan fingerprint density at radius 1 is 1.21 bits per heavy atom. The highest BCUT2D eigenvalue weighted by molar-refractivity contribution is 5.37. The number of piperidine rings is 1. The average Bonchev–Trinajstić information content (AvgIpc) is 2.48. The highest BCUT2D eigenvalue weighted by atomic mass is 16.5. The molecule has 0 aromatic heterocycles. The van der Waals surface area contributed by atoms with E-state index in [1.165, 1.54) is 31.4 Å². The van der Waals surface area contributed by atoms with Crippen LogP contribution in [0.4, 0.5) is 0 Å². The minimum absolute atomic E-state index is 0.529. The van der Waals surface area contributed by atoms with Crippen molar-refractivity contribution >= 4 is 0 Å². The van der Waals surface area contributed by atoms with E-state index in [0.717, 1.165) is 31.7 Å². The molecule has 1 aromatic rings. The van der Waals surface area contributed by atoms with Gasteiger partial charge in [-0.25, -0.2) is 0 Å². The molecular formula is C16H24N2O. The molecule has 1 fully saturated rings. The Balaban J connectivity index is 1.84. The van der Waals surface area contributed by atoms with Crippen molar-refractivity contribution in [1.29, 1.82) is 0 Å². The van der Waals surface area contributed by atoms with E-state index in [0.29, 0.717) is 12.1 Å². The molecule has 1 saturated heterocycles. The molecule has 2 aliphatic rings. The maximum atomic E-state index is 5.79. The molecule has 1 aromatic carbocycles. The van der Waals surface area contributed by atoms with Gasteiger partial charge in [-0.2, -0.15) is 0 Å². The number of para-hydroxylation sites is 1. The molecule has 0 saturated carbocycles. The third-order valence-corrected chi connectivity index (χ3v) is 4.50. The van der Waals surface area contributed by atoms with E-state index in [-0.39, 0.29) is 0 Å². The average molecular weight is 260 g/mol. The maximum absolute atomic E-state index is 5.79. The van der Waals surface area contributed by atoms with Crippen molar-refractivity contribution in [1.82, 2.24) is 4.90 Å². The second-order valence-corrected chi connectivity index (χ2v) is 5.66. The maximum Gasteiger partial charge on any atom is 0.124 e. The lowest BCUT2D eigenvalue weighted by atomic mass is 9.92. The summed E-state index contributed by atoms with van der Waals surface area (Å²) in [7, 11) is 0. The first-order valence-electron chi connectivity index (χ1n) is 7.57. The Morgan fingerprint density at radius 2 is 2.11 bits per heavy atom. The summed E-state index contributed by atoms with van der Waals surface area (Å²) in [6.45, 7) is 2.85. The van der Waals surface area contributed by atoms with Gasteiger partial charge >= 0.3 is 0 Å². The molecule has 0 spiro atoms. The predicted octanol–water partition coefficient (Wildman–Crippen LogP) is 2.71. The van der Waals surface area contributed by atoms with Crippen LogP contribution in [0.15, 0.2) is 24.3 Å². The zero-order chi connectivity index (χ0) is 13.1. The lowest BCUT2D eigenvalue weighted by Gasteiger charge is -2.43. The van der Waals surface area contributed by atoms with Crippen LogP contribution in [0.2, 0.25) is 0 Å². The van der Waals surface area contributed by atoms with Gasteiger partial charge in [0.2, 0.25) is 0 Å². The molecule has 0 amide bonds. The summed E-state index contributed by atoms with van der Waals surface area (Å²) in [5.41, 5.74) is 7.17. The van der Waals surface area contributed by atoms with Crippen LogP contribution in [0.1, 0.15) is 43.7 Å². The summed E-state index contributed by atoms with van der Waals surface area (Å²) >= 11 is 0. The van der Waals surface area contributed by atoms with E-state index in [1.54, 1.807) is 0 Å². The zero-order valence-electron chi connectivity index (χ0n) is 11.6. The summed E-state index contributed by atoms with van der Waals surface area (Å²) < 4.78 is 5.79. The largest absolute Gasteiger partial charge is 0.493 e. The lowest BCUT2D eigenvalue weighted by Crippen LogP contribution is -2.44. The highest BCUT2D eigenvalue weighted by Gasteiger charge is 2.32. The van der Waals surface area contributed by atoms with Gasteiger partial charge in [0.1, 0.15) is 5.75 Å². The number of nitrogens with two attached hydrogens (primary N) is 1. The first kappa shape index (κ1) is 12.9. The fraction of sp³-hybridized carbons (Fsp3) is 0.625. The van der Waals surface area contributed by atoms with Gasteiger partial charge in [-0.05, 0) is 38.4 Å². The van der Waals surface area contributed by atoms with Crippen molar-refractivity contribution < 1.29 is 4.74 Å². The van der Waals surface area contributed by atoms with Crippen LogP contribution < -0.4 is 10.5 Å². The number of fused-ring (bicyclic) bond motifs is 1. The van der Waals surface area contributed by atoms with Crippen LogP contribution in [-0.4, -0.2) is 30.6 Å². The van der Waals surface area contributed by atoms with Gasteiger partial charge in [-0.1, -0.05) is 24.6 Å². The number of likely N-dealkylation sites (tertiary alicyclic amines) is 1. The monoisotopic (exact) mass is 260 g/mol. The van der Waals surface area contributed by atoms with Gasteiger partial charge < -0.3 is 10.5 Å². The quantitative estimate of drug-likeness (QED) is 0.908. The van der Waals surface area contributed by atoms with Gasteiger partial charge in [-0.15, -0.1) is 0 Å². The summed E-state index contributed by atoms with van der Waals surface area (Å²) in [4.78, 5) is 2.69. The summed E-state index contributed by atoms with van der Waals surface area (Å²) in [5.74, 6) is 1.08. The number of nitrogens with zero attached hydrogens (tertiary/aromatic N) is 1. The van der Waals surface area contributed by atoms with Crippen molar-refractivity contribution in [2.24, 2.45) is 5.73 Å². The van der Waals surface area contributed by atoms with Crippen molar-refractivity contribution in [3.05, 3.63) is 29.8 Å². The zero-order valence-corrected chi connectivity index (χ0v) is 11.6. The molecule has 2 atom stereocenters.